The van der Waals surface area contributed by atoms with Gasteiger partial charge < -0.3 is 11.1 Å². The van der Waals surface area contributed by atoms with Crippen LogP contribution in [0.3, 0.4) is 0 Å². The molecule has 0 spiro atoms. The van der Waals surface area contributed by atoms with Crippen molar-refractivity contribution in [2.24, 2.45) is 5.73 Å². The molecule has 5 heteroatoms. The Morgan fingerprint density at radius 3 is 2.74 bits per heavy atom. The molecule has 0 saturated heterocycles. The van der Waals surface area contributed by atoms with E-state index in [9.17, 15) is 0 Å². The standard InChI is InChI=1S/C22H23N5/c1-15-6-7-19(16(2)10-15)13-24-21-8-9-22-25-14-20(27(22)26-21)18-5-3-4-17(11-18)12-23/h3-11,14H,12-13,23H2,1-2H3,(H,24,26). The fourth-order valence-electron chi connectivity index (χ4n) is 3.25. The number of benzene rings is 2. The molecule has 0 aliphatic carbocycles. The lowest BCUT2D eigenvalue weighted by molar-refractivity contribution is 0.929. The van der Waals surface area contributed by atoms with Crippen molar-refractivity contribution < 1.29 is 0 Å². The zero-order chi connectivity index (χ0) is 18.8. The Balaban J connectivity index is 1.63. The number of aromatic nitrogens is 3. The van der Waals surface area contributed by atoms with Crippen molar-refractivity contribution in [3.8, 4) is 11.3 Å². The van der Waals surface area contributed by atoms with Crippen LogP contribution in [0.25, 0.3) is 16.9 Å². The van der Waals surface area contributed by atoms with Crippen LogP contribution < -0.4 is 11.1 Å². The van der Waals surface area contributed by atoms with Gasteiger partial charge in [-0.15, -0.1) is 5.10 Å². The SMILES string of the molecule is Cc1ccc(CNc2ccc3ncc(-c4cccc(CN)c4)n3n2)c(C)c1. The molecule has 4 rings (SSSR count). The summed E-state index contributed by atoms with van der Waals surface area (Å²) in [6.45, 7) is 5.50. The molecule has 0 fully saturated rings. The number of anilines is 1. The first kappa shape index (κ1) is 17.2. The summed E-state index contributed by atoms with van der Waals surface area (Å²) in [6.07, 6.45) is 1.85. The number of imidazole rings is 1. The molecule has 0 radical (unpaired) electrons. The second-order valence-corrected chi connectivity index (χ2v) is 6.82. The Kier molecular flexibility index (Phi) is 4.60. The average Bonchev–Trinajstić information content (AvgIpc) is 3.10. The van der Waals surface area contributed by atoms with Crippen molar-refractivity contribution >= 4 is 11.5 Å². The van der Waals surface area contributed by atoms with E-state index in [4.69, 9.17) is 10.8 Å². The second kappa shape index (κ2) is 7.21. The number of nitrogens with zero attached hydrogens (tertiary/aromatic N) is 3. The minimum absolute atomic E-state index is 0.515. The third-order valence-corrected chi connectivity index (χ3v) is 4.78. The Morgan fingerprint density at radius 2 is 1.93 bits per heavy atom. The van der Waals surface area contributed by atoms with Crippen molar-refractivity contribution in [1.82, 2.24) is 14.6 Å². The fraction of sp³-hybridized carbons (Fsp3) is 0.182. The number of nitrogens with two attached hydrogens (primary N) is 1. The number of rotatable bonds is 5. The van der Waals surface area contributed by atoms with Crippen LogP contribution in [-0.2, 0) is 13.1 Å². The largest absolute Gasteiger partial charge is 0.365 e. The lowest BCUT2D eigenvalue weighted by Gasteiger charge is -2.10. The molecule has 2 heterocycles. The summed E-state index contributed by atoms with van der Waals surface area (Å²) in [5.74, 6) is 0.816. The summed E-state index contributed by atoms with van der Waals surface area (Å²) in [4.78, 5) is 4.48. The normalized spacial score (nSPS) is 11.1. The number of aryl methyl sites for hydroxylation is 2. The van der Waals surface area contributed by atoms with E-state index < -0.39 is 0 Å². The molecule has 0 unspecified atom stereocenters. The number of nitrogens with one attached hydrogen (secondary N) is 1. The van der Waals surface area contributed by atoms with Gasteiger partial charge >= 0.3 is 0 Å². The second-order valence-electron chi connectivity index (χ2n) is 6.82. The van der Waals surface area contributed by atoms with Crippen molar-refractivity contribution in [2.45, 2.75) is 26.9 Å². The Morgan fingerprint density at radius 1 is 1.04 bits per heavy atom. The van der Waals surface area contributed by atoms with Crippen molar-refractivity contribution in [1.29, 1.82) is 0 Å². The Hall–Kier alpha value is -3.18. The predicted octanol–water partition coefficient (Wildman–Crippen LogP) is 4.08. The molecule has 0 aliphatic heterocycles. The number of hydrogen-bond donors (Lipinski definition) is 2. The van der Waals surface area contributed by atoms with Crippen molar-refractivity contribution in [3.05, 3.63) is 83.0 Å². The van der Waals surface area contributed by atoms with Crippen molar-refractivity contribution in [3.63, 3.8) is 0 Å². The summed E-state index contributed by atoms with van der Waals surface area (Å²) in [6, 6.07) is 18.6. The Bertz CT molecular complexity index is 1100. The first-order valence-corrected chi connectivity index (χ1v) is 9.08. The van der Waals surface area contributed by atoms with Gasteiger partial charge in [-0.3, -0.25) is 0 Å². The first-order chi connectivity index (χ1) is 13.1. The monoisotopic (exact) mass is 357 g/mol. The maximum absolute atomic E-state index is 5.78. The van der Waals surface area contributed by atoms with Gasteiger partial charge in [-0.05, 0) is 48.7 Å². The highest BCUT2D eigenvalue weighted by Gasteiger charge is 2.09. The van der Waals surface area contributed by atoms with Crippen LogP contribution in [0.2, 0.25) is 0 Å². The van der Waals surface area contributed by atoms with Crippen LogP contribution in [0.5, 0.6) is 0 Å². The van der Waals surface area contributed by atoms with Gasteiger partial charge in [-0.1, -0.05) is 42.0 Å². The molecule has 0 atom stereocenters. The molecule has 5 nitrogen and oxygen atoms in total. The van der Waals surface area contributed by atoms with Crippen LogP contribution in [-0.4, -0.2) is 14.6 Å². The fourth-order valence-corrected chi connectivity index (χ4v) is 3.25. The van der Waals surface area contributed by atoms with Crippen LogP contribution in [0.1, 0.15) is 22.3 Å². The maximum Gasteiger partial charge on any atom is 0.154 e. The molecule has 27 heavy (non-hydrogen) atoms. The van der Waals surface area contributed by atoms with Crippen molar-refractivity contribution in [2.75, 3.05) is 5.32 Å². The quantitative estimate of drug-likeness (QED) is 0.565. The highest BCUT2D eigenvalue weighted by atomic mass is 15.3. The van der Waals surface area contributed by atoms with Gasteiger partial charge in [-0.25, -0.2) is 9.50 Å². The van der Waals surface area contributed by atoms with Gasteiger partial charge in [0.15, 0.2) is 5.65 Å². The molecule has 136 valence electrons. The van der Waals surface area contributed by atoms with E-state index >= 15 is 0 Å². The summed E-state index contributed by atoms with van der Waals surface area (Å²) >= 11 is 0. The molecule has 0 amide bonds. The molecular formula is C22H23N5. The summed E-state index contributed by atoms with van der Waals surface area (Å²) < 4.78 is 1.87. The van der Waals surface area contributed by atoms with E-state index in [-0.39, 0.29) is 0 Å². The highest BCUT2D eigenvalue weighted by molar-refractivity contribution is 5.64. The van der Waals surface area contributed by atoms with Gasteiger partial charge in [0.2, 0.25) is 0 Å². The minimum Gasteiger partial charge on any atom is -0.365 e. The molecule has 4 aromatic rings. The molecule has 2 aromatic carbocycles. The predicted molar refractivity (Wildman–Crippen MR) is 110 cm³/mol. The maximum atomic E-state index is 5.78. The smallest absolute Gasteiger partial charge is 0.154 e. The minimum atomic E-state index is 0.515. The molecule has 0 bridgehead atoms. The zero-order valence-corrected chi connectivity index (χ0v) is 15.6. The third kappa shape index (κ3) is 3.55. The lowest BCUT2D eigenvalue weighted by atomic mass is 10.1. The van der Waals surface area contributed by atoms with Crippen LogP contribution in [0.4, 0.5) is 5.82 Å². The van der Waals surface area contributed by atoms with E-state index in [0.29, 0.717) is 6.54 Å². The van der Waals surface area contributed by atoms with E-state index in [1.165, 1.54) is 16.7 Å². The Labute approximate surface area is 158 Å². The van der Waals surface area contributed by atoms with E-state index in [2.05, 4.69) is 54.5 Å². The lowest BCUT2D eigenvalue weighted by Crippen LogP contribution is -2.06. The average molecular weight is 357 g/mol. The topological polar surface area (TPSA) is 68.2 Å². The van der Waals surface area contributed by atoms with Gasteiger partial charge in [0.25, 0.3) is 0 Å². The summed E-state index contributed by atoms with van der Waals surface area (Å²) in [7, 11) is 0. The highest BCUT2D eigenvalue weighted by Crippen LogP contribution is 2.22. The molecule has 0 aliphatic rings. The van der Waals surface area contributed by atoms with Gasteiger partial charge in [0, 0.05) is 18.7 Å². The van der Waals surface area contributed by atoms with Gasteiger partial charge in [0.05, 0.1) is 11.9 Å². The molecule has 2 aromatic heterocycles. The number of fused-ring (bicyclic) bond motifs is 1. The van der Waals surface area contributed by atoms with Crippen LogP contribution in [0.15, 0.2) is 60.8 Å². The molecule has 0 saturated carbocycles. The molecule has 3 N–H and O–H groups in total. The van der Waals surface area contributed by atoms with E-state index in [1.54, 1.807) is 0 Å². The zero-order valence-electron chi connectivity index (χ0n) is 15.6. The van der Waals surface area contributed by atoms with E-state index in [1.807, 2.05) is 35.0 Å². The first-order valence-electron chi connectivity index (χ1n) is 9.08. The van der Waals surface area contributed by atoms with Crippen LogP contribution in [0, 0.1) is 13.8 Å². The number of hydrogen-bond acceptors (Lipinski definition) is 4. The van der Waals surface area contributed by atoms with Gasteiger partial charge in [0.1, 0.15) is 5.82 Å². The molecular weight excluding hydrogens is 334 g/mol. The van der Waals surface area contributed by atoms with E-state index in [0.717, 1.165) is 34.8 Å². The third-order valence-electron chi connectivity index (χ3n) is 4.78. The summed E-state index contributed by atoms with van der Waals surface area (Å²) in [5.41, 5.74) is 13.5. The summed E-state index contributed by atoms with van der Waals surface area (Å²) in [5, 5.41) is 8.17. The van der Waals surface area contributed by atoms with Crippen LogP contribution >= 0.6 is 0 Å². The van der Waals surface area contributed by atoms with Gasteiger partial charge in [-0.2, -0.15) is 0 Å².